The number of hydrogen-bond acceptors (Lipinski definition) is 4. The van der Waals surface area contributed by atoms with E-state index >= 15 is 0 Å². The van der Waals surface area contributed by atoms with Gasteiger partial charge in [-0.2, -0.15) is 0 Å². The number of hydrogen-bond donors (Lipinski definition) is 0. The molecule has 0 amide bonds. The monoisotopic (exact) mass is 296 g/mol. The lowest BCUT2D eigenvalue weighted by atomic mass is 10.1. The number of carbonyl (C=O) groups is 1. The van der Waals surface area contributed by atoms with Gasteiger partial charge in [0, 0.05) is 11.6 Å². The van der Waals surface area contributed by atoms with Gasteiger partial charge < -0.3 is 9.47 Å². The van der Waals surface area contributed by atoms with Crippen LogP contribution in [0.5, 0.6) is 11.5 Å². The second kappa shape index (κ2) is 5.89. The minimum atomic E-state index is -0.0582. The Kier molecular flexibility index (Phi) is 3.78. The van der Waals surface area contributed by atoms with Crippen LogP contribution in [-0.2, 0) is 6.42 Å². The van der Waals surface area contributed by atoms with Gasteiger partial charge in [0.1, 0.15) is 17.8 Å². The topological polar surface area (TPSA) is 53.4 Å². The molecule has 112 valence electrons. The van der Waals surface area contributed by atoms with Crippen LogP contribution in [0.25, 0.3) is 11.0 Å². The van der Waals surface area contributed by atoms with Gasteiger partial charge in [-0.1, -0.05) is 18.2 Å². The summed E-state index contributed by atoms with van der Waals surface area (Å²) in [7, 11) is 3.17. The molecular formula is C17H16N2O3. The number of para-hydroxylation sites is 2. The summed E-state index contributed by atoms with van der Waals surface area (Å²) in [6.07, 6.45) is 1.79. The van der Waals surface area contributed by atoms with Gasteiger partial charge in [-0.3, -0.25) is 9.36 Å². The molecule has 1 heterocycles. The molecule has 3 rings (SSSR count). The summed E-state index contributed by atoms with van der Waals surface area (Å²) < 4.78 is 12.1. The summed E-state index contributed by atoms with van der Waals surface area (Å²) in [5.41, 5.74) is 2.42. The predicted molar refractivity (Wildman–Crippen MR) is 83.6 cm³/mol. The van der Waals surface area contributed by atoms with Gasteiger partial charge in [-0.05, 0) is 18.2 Å². The number of imidazole rings is 1. The highest BCUT2D eigenvalue weighted by Crippen LogP contribution is 2.25. The molecule has 0 aliphatic carbocycles. The maximum absolute atomic E-state index is 12.5. The van der Waals surface area contributed by atoms with E-state index in [2.05, 4.69) is 4.98 Å². The standard InChI is InChI=1S/C17H16N2O3/c1-21-13-8-7-12(16(10-13)22-2)9-17(20)19-11-18-14-5-3-4-6-15(14)19/h3-8,10-11H,9H2,1-2H3. The number of ether oxygens (including phenoxy) is 2. The first-order valence-electron chi connectivity index (χ1n) is 6.89. The second-order valence-electron chi connectivity index (χ2n) is 4.85. The smallest absolute Gasteiger partial charge is 0.236 e. The Morgan fingerprint density at radius 2 is 1.95 bits per heavy atom. The normalized spacial score (nSPS) is 10.6. The quantitative estimate of drug-likeness (QED) is 0.743. The van der Waals surface area contributed by atoms with Gasteiger partial charge in [0.25, 0.3) is 0 Å². The molecule has 2 aromatic carbocycles. The van der Waals surface area contributed by atoms with Crippen molar-refractivity contribution in [2.24, 2.45) is 0 Å². The van der Waals surface area contributed by atoms with E-state index < -0.39 is 0 Å². The molecule has 0 saturated carbocycles. The number of benzene rings is 2. The van der Waals surface area contributed by atoms with E-state index in [1.807, 2.05) is 36.4 Å². The maximum atomic E-state index is 12.5. The van der Waals surface area contributed by atoms with Crippen LogP contribution in [0.3, 0.4) is 0 Å². The number of fused-ring (bicyclic) bond motifs is 1. The molecule has 0 aliphatic rings. The number of nitrogens with zero attached hydrogens (tertiary/aromatic N) is 2. The van der Waals surface area contributed by atoms with E-state index in [9.17, 15) is 4.79 Å². The van der Waals surface area contributed by atoms with Crippen molar-refractivity contribution >= 4 is 16.9 Å². The zero-order valence-electron chi connectivity index (χ0n) is 12.4. The second-order valence-corrected chi connectivity index (χ2v) is 4.85. The fourth-order valence-electron chi connectivity index (χ4n) is 2.40. The summed E-state index contributed by atoms with van der Waals surface area (Å²) in [5, 5.41) is 0. The van der Waals surface area contributed by atoms with Crippen LogP contribution < -0.4 is 9.47 Å². The SMILES string of the molecule is COc1ccc(CC(=O)n2cnc3ccccc32)c(OC)c1. The average Bonchev–Trinajstić information content (AvgIpc) is 2.99. The van der Waals surface area contributed by atoms with E-state index in [-0.39, 0.29) is 12.3 Å². The zero-order chi connectivity index (χ0) is 15.5. The molecular weight excluding hydrogens is 280 g/mol. The zero-order valence-corrected chi connectivity index (χ0v) is 12.4. The lowest BCUT2D eigenvalue weighted by Gasteiger charge is -2.10. The molecule has 0 atom stereocenters. The van der Waals surface area contributed by atoms with E-state index in [1.54, 1.807) is 31.2 Å². The van der Waals surface area contributed by atoms with Crippen LogP contribution in [0.4, 0.5) is 0 Å². The lowest BCUT2D eigenvalue weighted by molar-refractivity contribution is 0.0918. The van der Waals surface area contributed by atoms with Gasteiger partial charge in [0.2, 0.25) is 5.91 Å². The molecule has 0 saturated heterocycles. The number of methoxy groups -OCH3 is 2. The summed E-state index contributed by atoms with van der Waals surface area (Å²) in [4.78, 5) is 16.8. The molecule has 1 aromatic heterocycles. The Labute approximate surface area is 128 Å². The van der Waals surface area contributed by atoms with Crippen molar-refractivity contribution in [1.29, 1.82) is 0 Å². The third-order valence-corrected chi connectivity index (χ3v) is 3.56. The van der Waals surface area contributed by atoms with Crippen LogP contribution in [0.1, 0.15) is 10.4 Å². The minimum absolute atomic E-state index is 0.0582. The van der Waals surface area contributed by atoms with Crippen LogP contribution in [-0.4, -0.2) is 29.7 Å². The first kappa shape index (κ1) is 14.1. The minimum Gasteiger partial charge on any atom is -0.497 e. The lowest BCUT2D eigenvalue weighted by Crippen LogP contribution is -2.13. The molecule has 3 aromatic rings. The molecule has 0 fully saturated rings. The third kappa shape index (κ3) is 2.53. The van der Waals surface area contributed by atoms with Crippen molar-refractivity contribution in [3.8, 4) is 11.5 Å². The summed E-state index contributed by atoms with van der Waals surface area (Å²) in [6.45, 7) is 0. The molecule has 0 aliphatic heterocycles. The molecule has 5 nitrogen and oxygen atoms in total. The fraction of sp³-hybridized carbons (Fsp3) is 0.176. The van der Waals surface area contributed by atoms with Crippen LogP contribution in [0, 0.1) is 0 Å². The Balaban J connectivity index is 1.91. The third-order valence-electron chi connectivity index (χ3n) is 3.56. The highest BCUT2D eigenvalue weighted by atomic mass is 16.5. The molecule has 0 radical (unpaired) electrons. The predicted octanol–water partition coefficient (Wildman–Crippen LogP) is 2.94. The van der Waals surface area contributed by atoms with Crippen molar-refractivity contribution in [2.45, 2.75) is 6.42 Å². The van der Waals surface area contributed by atoms with Crippen molar-refractivity contribution in [3.05, 3.63) is 54.4 Å². The van der Waals surface area contributed by atoms with E-state index in [1.165, 1.54) is 0 Å². The van der Waals surface area contributed by atoms with Crippen molar-refractivity contribution in [2.75, 3.05) is 14.2 Å². The van der Waals surface area contributed by atoms with Gasteiger partial charge in [0.05, 0.1) is 31.7 Å². The Hall–Kier alpha value is -2.82. The highest BCUT2D eigenvalue weighted by molar-refractivity contribution is 5.91. The fourth-order valence-corrected chi connectivity index (χ4v) is 2.40. The Morgan fingerprint density at radius 1 is 1.14 bits per heavy atom. The Bertz CT molecular complexity index is 824. The van der Waals surface area contributed by atoms with Gasteiger partial charge in [0.15, 0.2) is 0 Å². The van der Waals surface area contributed by atoms with Crippen molar-refractivity contribution in [3.63, 3.8) is 0 Å². The molecule has 0 spiro atoms. The van der Waals surface area contributed by atoms with Crippen LogP contribution >= 0.6 is 0 Å². The number of rotatable bonds is 4. The molecule has 0 N–H and O–H groups in total. The van der Waals surface area contributed by atoms with Crippen LogP contribution in [0.15, 0.2) is 48.8 Å². The molecule has 0 unspecified atom stereocenters. The molecule has 0 bridgehead atoms. The van der Waals surface area contributed by atoms with Crippen molar-refractivity contribution < 1.29 is 14.3 Å². The average molecular weight is 296 g/mol. The maximum Gasteiger partial charge on any atom is 0.236 e. The van der Waals surface area contributed by atoms with Gasteiger partial charge in [-0.25, -0.2) is 4.98 Å². The van der Waals surface area contributed by atoms with Crippen molar-refractivity contribution in [1.82, 2.24) is 9.55 Å². The van der Waals surface area contributed by atoms with Gasteiger partial charge >= 0.3 is 0 Å². The number of aromatic nitrogens is 2. The first-order chi connectivity index (χ1) is 10.7. The van der Waals surface area contributed by atoms with Gasteiger partial charge in [-0.15, -0.1) is 0 Å². The van der Waals surface area contributed by atoms with E-state index in [4.69, 9.17) is 9.47 Å². The van der Waals surface area contributed by atoms with E-state index in [0.29, 0.717) is 11.5 Å². The summed E-state index contributed by atoms with van der Waals surface area (Å²) >= 11 is 0. The molecule has 5 heteroatoms. The Morgan fingerprint density at radius 3 is 2.73 bits per heavy atom. The number of carbonyl (C=O) groups excluding carboxylic acids is 1. The van der Waals surface area contributed by atoms with E-state index in [0.717, 1.165) is 16.6 Å². The van der Waals surface area contributed by atoms with Crippen LogP contribution in [0.2, 0.25) is 0 Å². The summed E-state index contributed by atoms with van der Waals surface area (Å²) in [5.74, 6) is 1.27. The molecule has 22 heavy (non-hydrogen) atoms. The highest BCUT2D eigenvalue weighted by Gasteiger charge is 2.14. The summed E-state index contributed by atoms with van der Waals surface area (Å²) in [6, 6.07) is 13.0. The largest absolute Gasteiger partial charge is 0.497 e. The first-order valence-corrected chi connectivity index (χ1v) is 6.89.